The van der Waals surface area contributed by atoms with Crippen molar-refractivity contribution in [2.45, 2.75) is 52.5 Å². The first-order chi connectivity index (χ1) is 13.6. The van der Waals surface area contributed by atoms with E-state index in [0.29, 0.717) is 19.5 Å². The zero-order valence-electron chi connectivity index (χ0n) is 17.1. The van der Waals surface area contributed by atoms with Crippen molar-refractivity contribution in [3.63, 3.8) is 0 Å². The van der Waals surface area contributed by atoms with Crippen LogP contribution in [0.5, 0.6) is 0 Å². The second-order valence-corrected chi connectivity index (χ2v) is 8.42. The molecule has 28 heavy (non-hydrogen) atoms. The summed E-state index contributed by atoms with van der Waals surface area (Å²) in [6.45, 7) is 7.60. The van der Waals surface area contributed by atoms with E-state index in [1.165, 1.54) is 21.6 Å². The van der Waals surface area contributed by atoms with Gasteiger partial charge in [-0.05, 0) is 47.9 Å². The van der Waals surface area contributed by atoms with E-state index in [0.717, 1.165) is 19.3 Å². The SMILES string of the molecule is CCCCN(CC(=O)N1CCc2sccc2[C@@H]1c1ccccc1C)C(=O)CC. The third-order valence-corrected chi connectivity index (χ3v) is 6.53. The summed E-state index contributed by atoms with van der Waals surface area (Å²) in [4.78, 5) is 30.8. The maximum atomic E-state index is 13.4. The van der Waals surface area contributed by atoms with Gasteiger partial charge in [0.05, 0.1) is 12.6 Å². The Labute approximate surface area is 172 Å². The number of hydrogen-bond donors (Lipinski definition) is 0. The predicted molar refractivity (Wildman–Crippen MR) is 115 cm³/mol. The number of nitrogens with zero attached hydrogens (tertiary/aromatic N) is 2. The van der Waals surface area contributed by atoms with E-state index in [2.05, 4.69) is 37.4 Å². The summed E-state index contributed by atoms with van der Waals surface area (Å²) >= 11 is 1.77. The molecule has 5 heteroatoms. The summed E-state index contributed by atoms with van der Waals surface area (Å²) in [6, 6.07) is 10.4. The molecule has 0 aliphatic carbocycles. The van der Waals surface area contributed by atoms with Gasteiger partial charge in [-0.15, -0.1) is 11.3 Å². The highest BCUT2D eigenvalue weighted by Crippen LogP contribution is 2.38. The molecule has 2 amide bonds. The van der Waals surface area contributed by atoms with Crippen LogP contribution in [0, 0.1) is 6.92 Å². The second kappa shape index (κ2) is 9.37. The molecule has 0 spiro atoms. The Hall–Kier alpha value is -2.14. The summed E-state index contributed by atoms with van der Waals surface area (Å²) in [7, 11) is 0. The fraction of sp³-hybridized carbons (Fsp3) is 0.478. The first kappa shape index (κ1) is 20.6. The fourth-order valence-electron chi connectivity index (χ4n) is 3.93. The van der Waals surface area contributed by atoms with Gasteiger partial charge >= 0.3 is 0 Å². The highest BCUT2D eigenvalue weighted by molar-refractivity contribution is 7.10. The Balaban J connectivity index is 1.89. The molecule has 0 bridgehead atoms. The standard InChI is InChI=1S/C23H30N2O2S/c1-4-6-13-24(21(26)5-2)16-22(27)25-14-11-20-19(12-15-28-20)23(25)18-10-8-7-9-17(18)3/h7-10,12,15,23H,4-6,11,13-14,16H2,1-3H3/t23-/m0/s1. The lowest BCUT2D eigenvalue weighted by molar-refractivity contribution is -0.141. The lowest BCUT2D eigenvalue weighted by Crippen LogP contribution is -2.47. The first-order valence-corrected chi connectivity index (χ1v) is 11.1. The zero-order valence-corrected chi connectivity index (χ0v) is 17.9. The summed E-state index contributed by atoms with van der Waals surface area (Å²) in [5, 5.41) is 2.12. The molecule has 0 unspecified atom stereocenters. The Kier molecular flexibility index (Phi) is 6.89. The van der Waals surface area contributed by atoms with Crippen molar-refractivity contribution in [2.24, 2.45) is 0 Å². The molecular formula is C23H30N2O2S. The molecule has 0 radical (unpaired) electrons. The quantitative estimate of drug-likeness (QED) is 0.685. The molecule has 1 atom stereocenters. The van der Waals surface area contributed by atoms with Gasteiger partial charge in [-0.1, -0.05) is 44.5 Å². The molecule has 0 N–H and O–H groups in total. The largest absolute Gasteiger partial charge is 0.333 e. The third-order valence-electron chi connectivity index (χ3n) is 5.53. The second-order valence-electron chi connectivity index (χ2n) is 7.42. The third kappa shape index (κ3) is 4.30. The van der Waals surface area contributed by atoms with Gasteiger partial charge in [-0.3, -0.25) is 9.59 Å². The maximum Gasteiger partial charge on any atom is 0.242 e. The maximum absolute atomic E-state index is 13.4. The van der Waals surface area contributed by atoms with Crippen LogP contribution in [0.1, 0.15) is 60.7 Å². The highest BCUT2D eigenvalue weighted by atomic mass is 32.1. The lowest BCUT2D eigenvalue weighted by Gasteiger charge is -2.38. The number of benzene rings is 1. The minimum atomic E-state index is -0.0616. The van der Waals surface area contributed by atoms with Crippen LogP contribution in [-0.4, -0.2) is 41.2 Å². The first-order valence-electron chi connectivity index (χ1n) is 10.3. The van der Waals surface area contributed by atoms with Crippen molar-refractivity contribution in [3.8, 4) is 0 Å². The minimum Gasteiger partial charge on any atom is -0.333 e. The summed E-state index contributed by atoms with van der Waals surface area (Å²) in [5.74, 6) is 0.102. The van der Waals surface area contributed by atoms with Crippen LogP contribution < -0.4 is 0 Å². The number of amides is 2. The van der Waals surface area contributed by atoms with Crippen molar-refractivity contribution >= 4 is 23.2 Å². The molecule has 2 heterocycles. The van der Waals surface area contributed by atoms with E-state index < -0.39 is 0 Å². The average Bonchev–Trinajstić information content (AvgIpc) is 3.19. The van der Waals surface area contributed by atoms with Gasteiger partial charge in [-0.2, -0.15) is 0 Å². The van der Waals surface area contributed by atoms with Crippen LogP contribution in [0.25, 0.3) is 0 Å². The molecule has 1 aromatic carbocycles. The van der Waals surface area contributed by atoms with Crippen LogP contribution in [0.15, 0.2) is 35.7 Å². The van der Waals surface area contributed by atoms with Gasteiger partial charge in [0.15, 0.2) is 0 Å². The van der Waals surface area contributed by atoms with E-state index in [1.807, 2.05) is 24.0 Å². The zero-order chi connectivity index (χ0) is 20.1. The molecule has 0 saturated heterocycles. The van der Waals surface area contributed by atoms with Crippen LogP contribution in [0.2, 0.25) is 0 Å². The number of unbranched alkanes of at least 4 members (excludes halogenated alkanes) is 1. The topological polar surface area (TPSA) is 40.6 Å². The summed E-state index contributed by atoms with van der Waals surface area (Å²) in [5.41, 5.74) is 3.61. The predicted octanol–water partition coefficient (Wildman–Crippen LogP) is 4.57. The number of aryl methyl sites for hydroxylation is 1. The number of fused-ring (bicyclic) bond motifs is 1. The monoisotopic (exact) mass is 398 g/mol. The smallest absolute Gasteiger partial charge is 0.242 e. The number of rotatable bonds is 7. The van der Waals surface area contributed by atoms with E-state index >= 15 is 0 Å². The Morgan fingerprint density at radius 1 is 1.18 bits per heavy atom. The Morgan fingerprint density at radius 2 is 1.96 bits per heavy atom. The molecule has 1 aromatic heterocycles. The molecule has 0 fully saturated rings. The van der Waals surface area contributed by atoms with Crippen LogP contribution in [0.3, 0.4) is 0 Å². The van der Waals surface area contributed by atoms with Crippen molar-refractivity contribution in [2.75, 3.05) is 19.6 Å². The van der Waals surface area contributed by atoms with Gasteiger partial charge in [0, 0.05) is 24.4 Å². The van der Waals surface area contributed by atoms with E-state index in [1.54, 1.807) is 16.2 Å². The van der Waals surface area contributed by atoms with Crippen molar-refractivity contribution < 1.29 is 9.59 Å². The lowest BCUT2D eigenvalue weighted by atomic mass is 9.90. The Bertz CT molecular complexity index is 830. The minimum absolute atomic E-state index is 0.0445. The molecule has 4 nitrogen and oxygen atoms in total. The van der Waals surface area contributed by atoms with E-state index in [4.69, 9.17) is 0 Å². The highest BCUT2D eigenvalue weighted by Gasteiger charge is 2.34. The van der Waals surface area contributed by atoms with Crippen molar-refractivity contribution in [1.82, 2.24) is 9.80 Å². The van der Waals surface area contributed by atoms with Crippen molar-refractivity contribution in [1.29, 1.82) is 0 Å². The number of carbonyl (C=O) groups excluding carboxylic acids is 2. The summed E-state index contributed by atoms with van der Waals surface area (Å²) < 4.78 is 0. The van der Waals surface area contributed by atoms with Gasteiger partial charge in [0.25, 0.3) is 0 Å². The molecular weight excluding hydrogens is 368 g/mol. The molecule has 150 valence electrons. The molecule has 2 aromatic rings. The van der Waals surface area contributed by atoms with Crippen LogP contribution in [0.4, 0.5) is 0 Å². The van der Waals surface area contributed by atoms with Gasteiger partial charge in [0.1, 0.15) is 0 Å². The average molecular weight is 399 g/mol. The van der Waals surface area contributed by atoms with Crippen LogP contribution >= 0.6 is 11.3 Å². The van der Waals surface area contributed by atoms with Crippen molar-refractivity contribution in [3.05, 3.63) is 57.3 Å². The summed E-state index contributed by atoms with van der Waals surface area (Å²) in [6.07, 6.45) is 3.26. The number of hydrogen-bond acceptors (Lipinski definition) is 3. The molecule has 0 saturated carbocycles. The molecule has 3 rings (SSSR count). The fourth-order valence-corrected chi connectivity index (χ4v) is 4.84. The molecule has 1 aliphatic heterocycles. The van der Waals surface area contributed by atoms with E-state index in [9.17, 15) is 9.59 Å². The van der Waals surface area contributed by atoms with E-state index in [-0.39, 0.29) is 24.4 Å². The van der Waals surface area contributed by atoms with Gasteiger partial charge < -0.3 is 9.80 Å². The van der Waals surface area contributed by atoms with Gasteiger partial charge in [-0.25, -0.2) is 0 Å². The van der Waals surface area contributed by atoms with Gasteiger partial charge in [0.2, 0.25) is 11.8 Å². The number of thiophene rings is 1. The number of carbonyl (C=O) groups is 2. The Morgan fingerprint density at radius 3 is 2.68 bits per heavy atom. The van der Waals surface area contributed by atoms with Crippen LogP contribution in [-0.2, 0) is 16.0 Å². The molecule has 1 aliphatic rings. The normalized spacial score (nSPS) is 16.0.